The van der Waals surface area contributed by atoms with Crippen molar-refractivity contribution in [1.29, 1.82) is 0 Å². The summed E-state index contributed by atoms with van der Waals surface area (Å²) in [5.41, 5.74) is 3.12. The molecule has 0 radical (unpaired) electrons. The van der Waals surface area contributed by atoms with Crippen molar-refractivity contribution in [1.82, 2.24) is 0 Å². The Morgan fingerprint density at radius 1 is 1.33 bits per heavy atom. The maximum absolute atomic E-state index is 14.1. The van der Waals surface area contributed by atoms with Crippen molar-refractivity contribution >= 4 is 33.0 Å². The molecule has 0 saturated carbocycles. The SMILES string of the molecule is Fc1cccc(CBr)c1N1CCc2sccc2C1. The normalized spacial score (nSPS) is 14.7. The summed E-state index contributed by atoms with van der Waals surface area (Å²) in [6.07, 6.45) is 1.02. The van der Waals surface area contributed by atoms with Crippen LogP contribution in [0.15, 0.2) is 29.6 Å². The van der Waals surface area contributed by atoms with Gasteiger partial charge in [0.1, 0.15) is 5.82 Å². The van der Waals surface area contributed by atoms with Crippen molar-refractivity contribution in [2.45, 2.75) is 18.3 Å². The Morgan fingerprint density at radius 2 is 2.22 bits per heavy atom. The summed E-state index contributed by atoms with van der Waals surface area (Å²) in [6.45, 7) is 1.72. The molecule has 2 aromatic rings. The van der Waals surface area contributed by atoms with Crippen molar-refractivity contribution in [3.8, 4) is 0 Å². The average molecular weight is 326 g/mol. The van der Waals surface area contributed by atoms with Crippen LogP contribution in [0.1, 0.15) is 16.0 Å². The molecule has 4 heteroatoms. The lowest BCUT2D eigenvalue weighted by Crippen LogP contribution is -2.30. The fourth-order valence-electron chi connectivity index (χ4n) is 2.46. The summed E-state index contributed by atoms with van der Waals surface area (Å²) in [7, 11) is 0. The van der Waals surface area contributed by atoms with Crippen LogP contribution < -0.4 is 4.90 Å². The molecule has 1 aliphatic heterocycles. The number of para-hydroxylation sites is 1. The number of anilines is 1. The highest BCUT2D eigenvalue weighted by Crippen LogP contribution is 2.32. The lowest BCUT2D eigenvalue weighted by Gasteiger charge is -2.30. The van der Waals surface area contributed by atoms with Gasteiger partial charge >= 0.3 is 0 Å². The average Bonchev–Trinajstić information content (AvgIpc) is 2.85. The van der Waals surface area contributed by atoms with E-state index >= 15 is 0 Å². The molecule has 18 heavy (non-hydrogen) atoms. The zero-order chi connectivity index (χ0) is 12.5. The summed E-state index contributed by atoms with van der Waals surface area (Å²) in [4.78, 5) is 3.60. The van der Waals surface area contributed by atoms with Gasteiger partial charge in [-0.1, -0.05) is 28.1 Å². The Bertz CT molecular complexity index is 567. The maximum Gasteiger partial charge on any atom is 0.146 e. The van der Waals surface area contributed by atoms with Gasteiger partial charge in [-0.05, 0) is 35.1 Å². The summed E-state index contributed by atoms with van der Waals surface area (Å²) in [5.74, 6) is -0.120. The van der Waals surface area contributed by atoms with Crippen LogP contribution in [0.3, 0.4) is 0 Å². The van der Waals surface area contributed by atoms with E-state index in [9.17, 15) is 4.39 Å². The molecular formula is C14H13BrFNS. The van der Waals surface area contributed by atoms with Gasteiger partial charge in [-0.2, -0.15) is 0 Å². The van der Waals surface area contributed by atoms with E-state index in [2.05, 4.69) is 32.3 Å². The minimum absolute atomic E-state index is 0.120. The Kier molecular flexibility index (Phi) is 3.39. The van der Waals surface area contributed by atoms with Crippen LogP contribution in [0.5, 0.6) is 0 Å². The summed E-state index contributed by atoms with van der Waals surface area (Å²) in [6, 6.07) is 7.46. The molecule has 94 valence electrons. The highest BCUT2D eigenvalue weighted by Gasteiger charge is 2.21. The van der Waals surface area contributed by atoms with Gasteiger partial charge in [-0.25, -0.2) is 4.39 Å². The third-order valence-electron chi connectivity index (χ3n) is 3.34. The van der Waals surface area contributed by atoms with Crippen LogP contribution in [0.4, 0.5) is 10.1 Å². The zero-order valence-corrected chi connectivity index (χ0v) is 12.2. The lowest BCUT2D eigenvalue weighted by molar-refractivity contribution is 0.609. The largest absolute Gasteiger partial charge is 0.364 e. The second kappa shape index (κ2) is 5.02. The summed E-state index contributed by atoms with van der Waals surface area (Å²) < 4.78 is 14.1. The Hall–Kier alpha value is -0.870. The molecule has 0 bridgehead atoms. The Balaban J connectivity index is 1.97. The van der Waals surface area contributed by atoms with Gasteiger partial charge < -0.3 is 4.90 Å². The number of nitrogens with zero attached hydrogens (tertiary/aromatic N) is 1. The van der Waals surface area contributed by atoms with Gasteiger partial charge in [0, 0.05) is 23.3 Å². The van der Waals surface area contributed by atoms with E-state index in [4.69, 9.17) is 0 Å². The first-order valence-electron chi connectivity index (χ1n) is 5.93. The topological polar surface area (TPSA) is 3.24 Å². The molecule has 0 aliphatic carbocycles. The van der Waals surface area contributed by atoms with E-state index in [0.717, 1.165) is 30.8 Å². The van der Waals surface area contributed by atoms with Crippen LogP contribution in [0.25, 0.3) is 0 Å². The van der Waals surface area contributed by atoms with Crippen LogP contribution in [-0.4, -0.2) is 6.54 Å². The molecule has 0 atom stereocenters. The first-order valence-corrected chi connectivity index (χ1v) is 7.93. The van der Waals surface area contributed by atoms with E-state index in [1.54, 1.807) is 12.1 Å². The number of hydrogen-bond donors (Lipinski definition) is 0. The van der Waals surface area contributed by atoms with E-state index in [0.29, 0.717) is 5.33 Å². The number of alkyl halides is 1. The lowest BCUT2D eigenvalue weighted by atomic mass is 10.1. The van der Waals surface area contributed by atoms with Gasteiger partial charge in [0.2, 0.25) is 0 Å². The number of benzene rings is 1. The van der Waals surface area contributed by atoms with E-state index in [-0.39, 0.29) is 5.82 Å². The molecule has 0 saturated heterocycles. The fraction of sp³-hybridized carbons (Fsp3) is 0.286. The molecule has 1 nitrogen and oxygen atoms in total. The van der Waals surface area contributed by atoms with Gasteiger partial charge in [0.05, 0.1) is 5.69 Å². The molecule has 1 aromatic carbocycles. The first kappa shape index (κ1) is 12.2. The minimum atomic E-state index is -0.120. The van der Waals surface area contributed by atoms with Gasteiger partial charge in [0.15, 0.2) is 0 Å². The Labute approximate surface area is 118 Å². The molecule has 3 rings (SSSR count). The number of fused-ring (bicyclic) bond motifs is 1. The zero-order valence-electron chi connectivity index (χ0n) is 9.83. The quantitative estimate of drug-likeness (QED) is 0.742. The van der Waals surface area contributed by atoms with Crippen molar-refractivity contribution in [2.24, 2.45) is 0 Å². The smallest absolute Gasteiger partial charge is 0.146 e. The fourth-order valence-corrected chi connectivity index (χ4v) is 3.80. The van der Waals surface area contributed by atoms with E-state index < -0.39 is 0 Å². The molecule has 1 aliphatic rings. The maximum atomic E-state index is 14.1. The van der Waals surface area contributed by atoms with Crippen molar-refractivity contribution in [3.05, 3.63) is 51.5 Å². The summed E-state index contributed by atoms with van der Waals surface area (Å²) >= 11 is 5.25. The van der Waals surface area contributed by atoms with Crippen LogP contribution in [0, 0.1) is 5.82 Å². The van der Waals surface area contributed by atoms with Crippen molar-refractivity contribution in [3.63, 3.8) is 0 Å². The van der Waals surface area contributed by atoms with E-state index in [1.807, 2.05) is 17.4 Å². The molecule has 0 amide bonds. The molecule has 0 spiro atoms. The molecule has 0 unspecified atom stereocenters. The van der Waals surface area contributed by atoms with Crippen LogP contribution in [0.2, 0.25) is 0 Å². The molecule has 1 aromatic heterocycles. The third-order valence-corrected chi connectivity index (χ3v) is 4.97. The highest BCUT2D eigenvalue weighted by atomic mass is 79.9. The standard InChI is InChI=1S/C14H13BrFNS/c15-8-10-2-1-3-12(16)14(10)17-6-4-13-11(9-17)5-7-18-13/h1-3,5,7H,4,6,8-9H2. The number of halogens is 2. The van der Waals surface area contributed by atoms with Crippen LogP contribution >= 0.6 is 27.3 Å². The van der Waals surface area contributed by atoms with Crippen molar-refractivity contribution < 1.29 is 4.39 Å². The minimum Gasteiger partial charge on any atom is -0.364 e. The second-order valence-electron chi connectivity index (χ2n) is 4.42. The second-order valence-corrected chi connectivity index (χ2v) is 5.98. The molecule has 2 heterocycles. The monoisotopic (exact) mass is 325 g/mol. The number of hydrogen-bond acceptors (Lipinski definition) is 2. The first-order chi connectivity index (χ1) is 8.79. The van der Waals surface area contributed by atoms with Gasteiger partial charge in [-0.15, -0.1) is 11.3 Å². The predicted octanol–water partition coefficient (Wildman–Crippen LogP) is 4.34. The van der Waals surface area contributed by atoms with E-state index in [1.165, 1.54) is 10.4 Å². The highest BCUT2D eigenvalue weighted by molar-refractivity contribution is 9.08. The Morgan fingerprint density at radius 3 is 3.06 bits per heavy atom. The van der Waals surface area contributed by atoms with Gasteiger partial charge in [0.25, 0.3) is 0 Å². The molecular weight excluding hydrogens is 313 g/mol. The number of thiophene rings is 1. The summed E-state index contributed by atoms with van der Waals surface area (Å²) in [5, 5.41) is 2.81. The molecule has 0 fully saturated rings. The number of rotatable bonds is 2. The van der Waals surface area contributed by atoms with Crippen molar-refractivity contribution in [2.75, 3.05) is 11.4 Å². The third kappa shape index (κ3) is 2.08. The van der Waals surface area contributed by atoms with Crippen LogP contribution in [-0.2, 0) is 18.3 Å². The van der Waals surface area contributed by atoms with Gasteiger partial charge in [-0.3, -0.25) is 0 Å². The molecule has 0 N–H and O–H groups in total. The predicted molar refractivity (Wildman–Crippen MR) is 78.1 cm³/mol.